The summed E-state index contributed by atoms with van der Waals surface area (Å²) in [6, 6.07) is 34.4. The maximum Gasteiger partial charge on any atom is 0.166 e. The molecule has 44 heavy (non-hydrogen) atoms. The van der Waals surface area contributed by atoms with E-state index in [4.69, 9.17) is 9.07 Å². The van der Waals surface area contributed by atoms with Gasteiger partial charge in [-0.3, -0.25) is 0 Å². The molecule has 0 amide bonds. The predicted molar refractivity (Wildman–Crippen MR) is 186 cm³/mol. The van der Waals surface area contributed by atoms with E-state index in [1.807, 2.05) is 0 Å². The van der Waals surface area contributed by atoms with Crippen molar-refractivity contribution < 1.29 is 19.0 Å². The topological polar surface area (TPSA) is 36.9 Å². The zero-order valence-electron chi connectivity index (χ0n) is 27.9. The third kappa shape index (κ3) is 10.7. The van der Waals surface area contributed by atoms with E-state index in [1.165, 1.54) is 50.5 Å². The molecule has 0 aromatic heterocycles. The van der Waals surface area contributed by atoms with E-state index in [-0.39, 0.29) is 16.5 Å². The van der Waals surface area contributed by atoms with Crippen molar-refractivity contribution >= 4 is 22.9 Å². The van der Waals surface area contributed by atoms with Crippen LogP contribution in [-0.2, 0) is 25.2 Å². The van der Waals surface area contributed by atoms with E-state index in [0.717, 1.165) is 10.6 Å². The summed E-state index contributed by atoms with van der Waals surface area (Å²) in [7, 11) is 1.32. The summed E-state index contributed by atoms with van der Waals surface area (Å²) in [6.07, 6.45) is 0. The van der Waals surface area contributed by atoms with Crippen LogP contribution in [0, 0.1) is 0 Å². The van der Waals surface area contributed by atoms with E-state index >= 15 is 0 Å². The summed E-state index contributed by atoms with van der Waals surface area (Å²) < 4.78 is 11.0. The highest BCUT2D eigenvalue weighted by molar-refractivity contribution is 7.97. The standard InChI is InChI=1S/C22H23OS.C16H26O3S/c1-22(2,3)23-18-14-16-21(17-15-18)24(19-10-6-4-7-11-19)20-12-8-5-9-13-20;1-10(2)13-8-14(11(3)4)16(20-19-18-17-7)15(9-13)12(5)6/h4-17H,1-3H3;8-12H,1-7H3/q+1;. The molecule has 0 spiro atoms. The second-order valence-electron chi connectivity index (χ2n) is 12.5. The molecular formula is C38H49O4S2+. The highest BCUT2D eigenvalue weighted by atomic mass is 32.2. The fraction of sp³-hybridized carbons (Fsp3) is 0.368. The van der Waals surface area contributed by atoms with Crippen molar-refractivity contribution in [2.45, 2.75) is 105 Å². The Kier molecular flexibility index (Phi) is 13.9. The highest BCUT2D eigenvalue weighted by Gasteiger charge is 2.28. The molecule has 0 aliphatic heterocycles. The molecule has 4 aromatic rings. The van der Waals surface area contributed by atoms with Crippen molar-refractivity contribution in [3.8, 4) is 5.75 Å². The van der Waals surface area contributed by atoms with Gasteiger partial charge in [0, 0.05) is 4.90 Å². The molecule has 0 saturated heterocycles. The Hall–Kier alpha value is -2.74. The fourth-order valence-corrected chi connectivity index (χ4v) is 7.60. The highest BCUT2D eigenvalue weighted by Crippen LogP contribution is 2.39. The third-order valence-corrected chi connectivity index (χ3v) is 9.73. The predicted octanol–water partition coefficient (Wildman–Crippen LogP) is 11.5. The van der Waals surface area contributed by atoms with Crippen LogP contribution in [0.1, 0.15) is 96.8 Å². The molecule has 4 rings (SSSR count). The molecule has 6 heteroatoms. The third-order valence-electron chi connectivity index (χ3n) is 6.73. The van der Waals surface area contributed by atoms with Gasteiger partial charge in [0.15, 0.2) is 14.7 Å². The summed E-state index contributed by atoms with van der Waals surface area (Å²) >= 11 is 1.23. The van der Waals surface area contributed by atoms with E-state index in [2.05, 4.69) is 169 Å². The van der Waals surface area contributed by atoms with E-state index in [1.54, 1.807) is 0 Å². The first-order valence-electron chi connectivity index (χ1n) is 15.3. The van der Waals surface area contributed by atoms with Gasteiger partial charge in [-0.15, -0.1) is 4.33 Å². The first-order valence-corrected chi connectivity index (χ1v) is 17.2. The largest absolute Gasteiger partial charge is 0.488 e. The Morgan fingerprint density at radius 2 is 1.07 bits per heavy atom. The van der Waals surface area contributed by atoms with Crippen LogP contribution in [-0.4, -0.2) is 12.7 Å². The summed E-state index contributed by atoms with van der Waals surface area (Å²) in [5.41, 5.74) is 3.78. The smallest absolute Gasteiger partial charge is 0.166 e. The SMILES string of the molecule is CC(C)(C)Oc1ccc([S+](c2ccccc2)c2ccccc2)cc1.COOOSc1c(C(C)C)cc(C(C)C)cc1C(C)C. The molecule has 4 aromatic carbocycles. The molecule has 0 saturated carbocycles. The average Bonchev–Trinajstić information content (AvgIpc) is 2.98. The number of benzene rings is 4. The minimum atomic E-state index is -0.179. The van der Waals surface area contributed by atoms with Gasteiger partial charge >= 0.3 is 0 Å². The van der Waals surface area contributed by atoms with Gasteiger partial charge in [0.05, 0.1) is 30.0 Å². The lowest BCUT2D eigenvalue weighted by Gasteiger charge is -2.21. The van der Waals surface area contributed by atoms with Gasteiger partial charge in [0.2, 0.25) is 0 Å². The molecule has 0 N–H and O–H groups in total. The molecule has 0 heterocycles. The van der Waals surface area contributed by atoms with Crippen molar-refractivity contribution in [1.29, 1.82) is 0 Å². The van der Waals surface area contributed by atoms with E-state index in [0.29, 0.717) is 17.8 Å². The Bertz CT molecular complexity index is 1330. The molecule has 0 fully saturated rings. The number of hydrogen-bond donors (Lipinski definition) is 0. The van der Waals surface area contributed by atoms with Crippen LogP contribution in [0.25, 0.3) is 0 Å². The van der Waals surface area contributed by atoms with Crippen LogP contribution in [0.5, 0.6) is 5.75 Å². The van der Waals surface area contributed by atoms with Crippen LogP contribution >= 0.6 is 12.0 Å². The van der Waals surface area contributed by atoms with Crippen molar-refractivity contribution in [2.75, 3.05) is 7.11 Å². The summed E-state index contributed by atoms with van der Waals surface area (Å²) in [5, 5.41) is 4.55. The molecule has 0 bridgehead atoms. The molecule has 0 atom stereocenters. The maximum atomic E-state index is 5.95. The van der Waals surface area contributed by atoms with E-state index < -0.39 is 0 Å². The maximum absolute atomic E-state index is 5.95. The van der Waals surface area contributed by atoms with Gasteiger partial charge in [-0.25, -0.2) is 4.89 Å². The average molecular weight is 634 g/mol. The lowest BCUT2D eigenvalue weighted by molar-refractivity contribution is -0.447. The number of rotatable bonds is 11. The summed E-state index contributed by atoms with van der Waals surface area (Å²) in [5.74, 6) is 2.29. The van der Waals surface area contributed by atoms with Crippen LogP contribution in [0.15, 0.2) is 117 Å². The monoisotopic (exact) mass is 633 g/mol. The van der Waals surface area contributed by atoms with Gasteiger partial charge in [-0.2, -0.15) is 0 Å². The molecule has 0 unspecified atom stereocenters. The molecule has 236 valence electrons. The van der Waals surface area contributed by atoms with Crippen LogP contribution in [0.2, 0.25) is 0 Å². The van der Waals surface area contributed by atoms with E-state index in [9.17, 15) is 0 Å². The lowest BCUT2D eigenvalue weighted by Crippen LogP contribution is -2.22. The van der Waals surface area contributed by atoms with Gasteiger partial charge in [-0.1, -0.05) is 95.1 Å². The van der Waals surface area contributed by atoms with Crippen LogP contribution in [0.3, 0.4) is 0 Å². The molecule has 0 radical (unpaired) electrons. The normalized spacial score (nSPS) is 11.7. The minimum absolute atomic E-state index is 0.102. The minimum Gasteiger partial charge on any atom is -0.488 e. The zero-order chi connectivity index (χ0) is 32.3. The molecule has 4 nitrogen and oxygen atoms in total. The fourth-order valence-electron chi connectivity index (χ4n) is 4.58. The summed E-state index contributed by atoms with van der Waals surface area (Å²) in [4.78, 5) is 9.57. The zero-order valence-corrected chi connectivity index (χ0v) is 29.6. The first kappa shape index (κ1) is 35.7. The molecule has 0 aliphatic carbocycles. The Labute approximate surface area is 272 Å². The van der Waals surface area contributed by atoms with Gasteiger partial charge < -0.3 is 4.74 Å². The van der Waals surface area contributed by atoms with Crippen molar-refractivity contribution in [3.05, 3.63) is 114 Å². The van der Waals surface area contributed by atoms with Crippen molar-refractivity contribution in [3.63, 3.8) is 0 Å². The second-order valence-corrected chi connectivity index (χ2v) is 15.2. The Morgan fingerprint density at radius 3 is 1.45 bits per heavy atom. The van der Waals surface area contributed by atoms with Gasteiger partial charge in [0.25, 0.3) is 0 Å². The molecule has 0 aliphatic rings. The van der Waals surface area contributed by atoms with Crippen LogP contribution < -0.4 is 4.74 Å². The number of hydrogen-bond acceptors (Lipinski definition) is 5. The van der Waals surface area contributed by atoms with Gasteiger partial charge in [-0.05, 0) is 104 Å². The van der Waals surface area contributed by atoms with Crippen molar-refractivity contribution in [2.24, 2.45) is 0 Å². The van der Waals surface area contributed by atoms with Crippen LogP contribution in [0.4, 0.5) is 0 Å². The van der Waals surface area contributed by atoms with Crippen molar-refractivity contribution in [1.82, 2.24) is 0 Å². The lowest BCUT2D eigenvalue weighted by atomic mass is 9.89. The summed E-state index contributed by atoms with van der Waals surface area (Å²) in [6.45, 7) is 19.4. The second kappa shape index (κ2) is 17.1. The Morgan fingerprint density at radius 1 is 0.614 bits per heavy atom. The molecular weight excluding hydrogens is 585 g/mol. The number of ether oxygens (including phenoxy) is 1. The Balaban J connectivity index is 0.000000245. The quantitative estimate of drug-likeness (QED) is 0.0540. The van der Waals surface area contributed by atoms with Gasteiger partial charge in [0.1, 0.15) is 11.4 Å². The first-order chi connectivity index (χ1) is 20.9.